The summed E-state index contributed by atoms with van der Waals surface area (Å²) >= 11 is 5.92. The van der Waals surface area contributed by atoms with Crippen molar-refractivity contribution in [2.45, 2.75) is 60.4 Å². The zero-order valence-electron chi connectivity index (χ0n) is 38.9. The van der Waals surface area contributed by atoms with E-state index in [0.29, 0.717) is 24.5 Å². The van der Waals surface area contributed by atoms with E-state index in [1.165, 1.54) is 41.1 Å². The number of alkyl halides is 3. The minimum Gasteiger partial charge on any atom is -0.455 e. The molecule has 19 heteroatoms. The Morgan fingerprint density at radius 3 is 2.43 bits per heavy atom. The third kappa shape index (κ3) is 12.4. The predicted molar refractivity (Wildman–Crippen MR) is 268 cm³/mol. The number of aromatic amines is 1. The number of anilines is 2. The summed E-state index contributed by atoms with van der Waals surface area (Å²) in [6.45, 7) is 13.1. The van der Waals surface area contributed by atoms with E-state index in [1.54, 1.807) is 24.4 Å². The van der Waals surface area contributed by atoms with Crippen LogP contribution in [-0.4, -0.2) is 136 Å². The summed E-state index contributed by atoms with van der Waals surface area (Å²) in [6, 6.07) is 20.2. The number of nitrogens with zero attached hydrogens (tertiary/aromatic N) is 5. The Balaban J connectivity index is 0.933. The van der Waals surface area contributed by atoms with Crippen molar-refractivity contribution in [3.8, 4) is 11.5 Å². The van der Waals surface area contributed by atoms with Gasteiger partial charge in [-0.05, 0) is 135 Å². The highest BCUT2D eigenvalue weighted by Crippen LogP contribution is 2.45. The molecule has 69 heavy (non-hydrogen) atoms. The first-order valence-electron chi connectivity index (χ1n) is 23.6. The summed E-state index contributed by atoms with van der Waals surface area (Å²) in [6.07, 6.45) is 7.86. The summed E-state index contributed by atoms with van der Waals surface area (Å²) in [5.41, 5.74) is 1.11. The SMILES string of the molecule is CN1CCC(Nc2ccc(S(=O)(=O)NC(=O)c3ccc(N4CCN(CC5=C(c6ccc(Cl)cc6)CCC(C)(CN6CCNCC6)C5)CC4)cc3Oc3cnc4[nH]ccc4c3)cc2SC(F)(F)F)CC1. The molecule has 368 valence electrons. The molecule has 1 atom stereocenters. The van der Waals surface area contributed by atoms with E-state index in [1.807, 2.05) is 25.2 Å². The van der Waals surface area contributed by atoms with Crippen molar-refractivity contribution in [3.05, 3.63) is 107 Å². The normalized spacial score (nSPS) is 20.6. The zero-order valence-corrected chi connectivity index (χ0v) is 41.3. The van der Waals surface area contributed by atoms with Gasteiger partial charge < -0.3 is 35.1 Å². The molecule has 0 radical (unpaired) electrons. The number of amides is 1. The number of H-pyrrole nitrogens is 1. The van der Waals surface area contributed by atoms with E-state index in [2.05, 4.69) is 64.0 Å². The predicted octanol–water partition coefficient (Wildman–Crippen LogP) is 8.92. The maximum atomic E-state index is 14.1. The number of hydrogen-bond acceptors (Lipinski definition) is 12. The molecule has 3 aliphatic heterocycles. The molecule has 4 aliphatic rings. The summed E-state index contributed by atoms with van der Waals surface area (Å²) in [5, 5.41) is 8.16. The first-order chi connectivity index (χ1) is 33.0. The number of fused-ring (bicyclic) bond motifs is 1. The molecule has 1 aliphatic carbocycles. The molecule has 2 aromatic heterocycles. The van der Waals surface area contributed by atoms with Crippen LogP contribution in [0.15, 0.2) is 101 Å². The maximum absolute atomic E-state index is 14.1. The van der Waals surface area contributed by atoms with Gasteiger partial charge in [0.1, 0.15) is 17.1 Å². The number of aromatic nitrogens is 2. The fourth-order valence-corrected chi connectivity index (χ4v) is 12.0. The highest BCUT2D eigenvalue weighted by Gasteiger charge is 2.36. The van der Waals surface area contributed by atoms with Crippen molar-refractivity contribution >= 4 is 67.3 Å². The van der Waals surface area contributed by atoms with E-state index in [4.69, 9.17) is 16.3 Å². The van der Waals surface area contributed by atoms with Gasteiger partial charge in [-0.2, -0.15) is 13.2 Å². The number of piperazine rings is 2. The monoisotopic (exact) mass is 1010 g/mol. The lowest BCUT2D eigenvalue weighted by Gasteiger charge is -2.43. The van der Waals surface area contributed by atoms with Gasteiger partial charge in [0.05, 0.1) is 16.7 Å². The minimum atomic E-state index is -4.69. The molecule has 0 saturated carbocycles. The van der Waals surface area contributed by atoms with Gasteiger partial charge in [-0.3, -0.25) is 9.69 Å². The van der Waals surface area contributed by atoms with Crippen LogP contribution in [0.5, 0.6) is 11.5 Å². The van der Waals surface area contributed by atoms with Gasteiger partial charge >= 0.3 is 5.51 Å². The van der Waals surface area contributed by atoms with Gasteiger partial charge in [0, 0.05) is 110 Å². The second-order valence-corrected chi connectivity index (χ2v) is 22.3. The average Bonchev–Trinajstić information content (AvgIpc) is 3.79. The van der Waals surface area contributed by atoms with Crippen molar-refractivity contribution in [2.24, 2.45) is 5.41 Å². The average molecular weight is 1010 g/mol. The summed E-state index contributed by atoms with van der Waals surface area (Å²) in [5.74, 6) is -0.588. The number of thioether (sulfide) groups is 1. The lowest BCUT2D eigenvalue weighted by molar-refractivity contribution is -0.0328. The van der Waals surface area contributed by atoms with Gasteiger partial charge in [-0.15, -0.1) is 0 Å². The van der Waals surface area contributed by atoms with E-state index in [9.17, 15) is 26.4 Å². The number of pyridine rings is 1. The van der Waals surface area contributed by atoms with Crippen molar-refractivity contribution in [2.75, 3.05) is 95.8 Å². The third-order valence-corrected chi connectivity index (χ3v) is 16.2. The molecule has 9 rings (SSSR count). The van der Waals surface area contributed by atoms with Gasteiger partial charge in [0.2, 0.25) is 0 Å². The van der Waals surface area contributed by atoms with Gasteiger partial charge in [-0.1, -0.05) is 36.2 Å². The van der Waals surface area contributed by atoms with E-state index in [0.717, 1.165) is 120 Å². The molecule has 1 unspecified atom stereocenters. The number of carbonyl (C=O) groups excluding carboxylic acids is 1. The molecule has 3 fully saturated rings. The van der Waals surface area contributed by atoms with Gasteiger partial charge in [-0.25, -0.2) is 18.1 Å². The van der Waals surface area contributed by atoms with Crippen LogP contribution in [0.2, 0.25) is 5.02 Å². The molecule has 13 nitrogen and oxygen atoms in total. The molecule has 5 aromatic rings. The number of piperidine rings is 1. The van der Waals surface area contributed by atoms with E-state index in [-0.39, 0.29) is 33.4 Å². The van der Waals surface area contributed by atoms with Crippen LogP contribution in [0.25, 0.3) is 16.6 Å². The second kappa shape index (κ2) is 20.9. The molecule has 1 amide bonds. The molecule has 0 bridgehead atoms. The van der Waals surface area contributed by atoms with Crippen LogP contribution < -0.4 is 25.0 Å². The Morgan fingerprint density at radius 1 is 0.942 bits per heavy atom. The lowest BCUT2D eigenvalue weighted by Crippen LogP contribution is -2.49. The molecule has 3 saturated heterocycles. The molecule has 4 N–H and O–H groups in total. The Labute approximate surface area is 411 Å². The summed E-state index contributed by atoms with van der Waals surface area (Å²) < 4.78 is 77.7. The van der Waals surface area contributed by atoms with Crippen LogP contribution in [0, 0.1) is 5.41 Å². The van der Waals surface area contributed by atoms with Crippen molar-refractivity contribution in [3.63, 3.8) is 0 Å². The number of hydrogen-bond donors (Lipinski definition) is 4. The first kappa shape index (κ1) is 49.2. The number of benzene rings is 3. The fraction of sp³-hybridized carbons (Fsp3) is 0.440. The summed E-state index contributed by atoms with van der Waals surface area (Å²) in [4.78, 5) is 30.2. The molecule has 5 heterocycles. The highest BCUT2D eigenvalue weighted by molar-refractivity contribution is 8.00. The Bertz CT molecular complexity index is 2770. The van der Waals surface area contributed by atoms with Crippen molar-refractivity contribution in [1.29, 1.82) is 0 Å². The number of ether oxygens (including phenoxy) is 1. The number of carbonyl (C=O) groups is 1. The van der Waals surface area contributed by atoms with Crippen LogP contribution >= 0.6 is 23.4 Å². The summed E-state index contributed by atoms with van der Waals surface area (Å²) in [7, 11) is -2.67. The van der Waals surface area contributed by atoms with Crippen LogP contribution in [-0.2, 0) is 10.0 Å². The van der Waals surface area contributed by atoms with Crippen LogP contribution in [0.3, 0.4) is 0 Å². The Hall–Kier alpha value is -4.82. The number of allylic oxidation sites excluding steroid dienone is 1. The smallest absolute Gasteiger partial charge is 0.446 e. The standard InChI is InChI=1S/C50H59ClF3N9O4S2/c1-49(33-62-21-17-55-18-22-62)15-11-42(34-3-5-37(51)6-4-34)36(30-49)32-61-23-25-63(26-24-61)39-7-9-43(45(28-39)67-40-27-35-12-16-56-47(35)57-31-40)48(64)59-69(65,66)41-8-10-44(46(29-41)68-50(52,53)54)58-38-13-19-60(2)20-14-38/h3-10,12,16,27-29,31,38,55,58H,11,13-15,17-26,30,32-33H2,1-2H3,(H,56,57)(H,59,64). The zero-order chi connectivity index (χ0) is 48.3. The highest BCUT2D eigenvalue weighted by atomic mass is 35.5. The Kier molecular flexibility index (Phi) is 14.9. The van der Waals surface area contributed by atoms with Crippen LogP contribution in [0.4, 0.5) is 24.5 Å². The second-order valence-electron chi connectivity index (χ2n) is 19.1. The van der Waals surface area contributed by atoms with Crippen molar-refractivity contribution in [1.82, 2.24) is 34.7 Å². The largest absolute Gasteiger partial charge is 0.455 e. The molecule has 3 aromatic carbocycles. The third-order valence-electron chi connectivity index (χ3n) is 13.8. The Morgan fingerprint density at radius 2 is 1.70 bits per heavy atom. The van der Waals surface area contributed by atoms with E-state index >= 15 is 0 Å². The minimum absolute atomic E-state index is 0.0770. The number of sulfonamides is 1. The molecular weight excluding hydrogens is 947 g/mol. The van der Waals surface area contributed by atoms with Gasteiger partial charge in [0.15, 0.2) is 0 Å². The molecular formula is C50H59ClF3N9O4S2. The lowest BCUT2D eigenvalue weighted by atomic mass is 9.71. The van der Waals surface area contributed by atoms with Gasteiger partial charge in [0.25, 0.3) is 15.9 Å². The first-order valence-corrected chi connectivity index (χ1v) is 26.3. The molecule has 0 spiro atoms. The number of nitrogens with one attached hydrogen (secondary N) is 4. The number of halogens is 4. The quantitative estimate of drug-likeness (QED) is 0.0791. The van der Waals surface area contributed by atoms with Crippen LogP contribution in [0.1, 0.15) is 54.9 Å². The number of rotatable bonds is 14. The van der Waals surface area contributed by atoms with Crippen molar-refractivity contribution < 1.29 is 31.1 Å². The fourth-order valence-electron chi connectivity index (χ4n) is 10.1. The number of likely N-dealkylation sites (tertiary alicyclic amines) is 1. The topological polar surface area (TPSA) is 138 Å². The maximum Gasteiger partial charge on any atom is 0.446 e. The van der Waals surface area contributed by atoms with E-state index < -0.39 is 38.1 Å².